The average molecular weight is 378 g/mol. The number of nitrogens with one attached hydrogen (secondary N) is 2. The van der Waals surface area contributed by atoms with Crippen LogP contribution in [0.1, 0.15) is 21.6 Å². The summed E-state index contributed by atoms with van der Waals surface area (Å²) in [5.74, 6) is -2.69. The number of benzene rings is 2. The van der Waals surface area contributed by atoms with Gasteiger partial charge in [0.1, 0.15) is 17.9 Å². The first-order valence-corrected chi connectivity index (χ1v) is 8.55. The number of carboxylic acids is 1. The van der Waals surface area contributed by atoms with Crippen LogP contribution in [-0.4, -0.2) is 33.6 Å². The molecule has 0 aliphatic heterocycles. The van der Waals surface area contributed by atoms with Crippen LogP contribution in [0.15, 0.2) is 65.5 Å². The Labute approximate surface area is 160 Å². The number of carbonyl (C=O) groups is 2. The van der Waals surface area contributed by atoms with Gasteiger partial charge >= 0.3 is 5.97 Å². The molecule has 142 valence electrons. The van der Waals surface area contributed by atoms with Crippen molar-refractivity contribution in [1.29, 1.82) is 0 Å². The number of rotatable bonds is 6. The van der Waals surface area contributed by atoms with E-state index in [1.807, 2.05) is 36.4 Å². The third-order valence-electron chi connectivity index (χ3n) is 4.18. The number of H-pyrrole nitrogens is 1. The predicted octanol–water partition coefficient (Wildman–Crippen LogP) is 2.15. The molecule has 28 heavy (non-hydrogen) atoms. The molecule has 7 heteroatoms. The Kier molecular flexibility index (Phi) is 5.55. The van der Waals surface area contributed by atoms with Crippen LogP contribution in [0.3, 0.4) is 0 Å². The molecule has 0 bridgehead atoms. The zero-order valence-electron chi connectivity index (χ0n) is 14.8. The molecule has 0 saturated carbocycles. The number of carbonyl (C=O) groups excluding carboxylic acids is 1. The smallest absolute Gasteiger partial charge is 0.322 e. The maximum Gasteiger partial charge on any atom is 0.322 e. The van der Waals surface area contributed by atoms with E-state index < -0.39 is 35.3 Å². The van der Waals surface area contributed by atoms with Gasteiger partial charge in [0.05, 0.1) is 0 Å². The highest BCUT2D eigenvalue weighted by atomic mass is 16.4. The Morgan fingerprint density at radius 3 is 2.18 bits per heavy atom. The molecule has 0 saturated heterocycles. The third-order valence-corrected chi connectivity index (χ3v) is 4.18. The molecule has 0 atom stereocenters. The summed E-state index contributed by atoms with van der Waals surface area (Å²) in [7, 11) is 0. The molecular weight excluding hydrogens is 360 g/mol. The Balaban J connectivity index is 2.14. The van der Waals surface area contributed by atoms with Gasteiger partial charge in [-0.25, -0.2) is 0 Å². The largest absolute Gasteiger partial charge is 0.506 e. The minimum absolute atomic E-state index is 0.324. The van der Waals surface area contributed by atoms with E-state index >= 15 is 0 Å². The summed E-state index contributed by atoms with van der Waals surface area (Å²) >= 11 is 0. The summed E-state index contributed by atoms with van der Waals surface area (Å²) in [5, 5.41) is 21.6. The van der Waals surface area contributed by atoms with Crippen LogP contribution in [0.4, 0.5) is 0 Å². The van der Waals surface area contributed by atoms with Gasteiger partial charge in [0.2, 0.25) is 0 Å². The first-order valence-electron chi connectivity index (χ1n) is 8.55. The summed E-state index contributed by atoms with van der Waals surface area (Å²) in [6.07, 6.45) is 0.338. The molecule has 7 nitrogen and oxygen atoms in total. The Hall–Kier alpha value is -3.87. The van der Waals surface area contributed by atoms with Crippen LogP contribution in [0.5, 0.6) is 5.75 Å². The normalized spacial score (nSPS) is 10.4. The second-order valence-corrected chi connectivity index (χ2v) is 6.14. The van der Waals surface area contributed by atoms with Crippen LogP contribution in [0.2, 0.25) is 0 Å². The first kappa shape index (κ1) is 18.9. The van der Waals surface area contributed by atoms with Gasteiger partial charge in [-0.15, -0.1) is 0 Å². The monoisotopic (exact) mass is 378 g/mol. The highest BCUT2D eigenvalue weighted by Crippen LogP contribution is 2.34. The van der Waals surface area contributed by atoms with E-state index in [2.05, 4.69) is 10.3 Å². The number of aromatic hydroxyl groups is 1. The molecule has 1 heterocycles. The standard InChI is InChI=1S/C21H18N2O5/c24-16(25)12-22-20(27)18-19(26)17(14-9-5-2-6-10-14)15(23-21(18)28)11-13-7-3-1-4-8-13/h1-10H,11-12H2,(H,22,27)(H,24,25)(H2,23,26,28). The second-order valence-electron chi connectivity index (χ2n) is 6.14. The van der Waals surface area contributed by atoms with Crippen molar-refractivity contribution in [3.63, 3.8) is 0 Å². The van der Waals surface area contributed by atoms with Crippen molar-refractivity contribution in [2.45, 2.75) is 6.42 Å². The van der Waals surface area contributed by atoms with Gasteiger partial charge in [-0.3, -0.25) is 14.4 Å². The molecule has 0 radical (unpaired) electrons. The van der Waals surface area contributed by atoms with Crippen molar-refractivity contribution >= 4 is 11.9 Å². The molecule has 0 unspecified atom stereocenters. The summed E-state index contributed by atoms with van der Waals surface area (Å²) in [4.78, 5) is 38.2. The van der Waals surface area contributed by atoms with E-state index in [-0.39, 0.29) is 0 Å². The number of aromatic amines is 1. The van der Waals surface area contributed by atoms with Crippen LogP contribution in [0.25, 0.3) is 11.1 Å². The van der Waals surface area contributed by atoms with E-state index in [1.165, 1.54) is 0 Å². The highest BCUT2D eigenvalue weighted by molar-refractivity contribution is 6.00. The van der Waals surface area contributed by atoms with Gasteiger partial charge in [-0.2, -0.15) is 0 Å². The molecule has 2 aromatic carbocycles. The summed E-state index contributed by atoms with van der Waals surface area (Å²) in [6.45, 7) is -0.663. The van der Waals surface area contributed by atoms with Crippen molar-refractivity contribution in [2.24, 2.45) is 0 Å². The SMILES string of the molecule is O=C(O)CNC(=O)c1c(O)c(-c2ccccc2)c(Cc2ccccc2)[nH]c1=O. The number of aromatic nitrogens is 1. The highest BCUT2D eigenvalue weighted by Gasteiger charge is 2.23. The maximum atomic E-state index is 12.5. The van der Waals surface area contributed by atoms with Crippen LogP contribution in [-0.2, 0) is 11.2 Å². The lowest BCUT2D eigenvalue weighted by molar-refractivity contribution is -0.135. The number of amides is 1. The van der Waals surface area contributed by atoms with E-state index in [1.54, 1.807) is 24.3 Å². The van der Waals surface area contributed by atoms with Crippen molar-refractivity contribution < 1.29 is 19.8 Å². The molecule has 0 aliphatic carbocycles. The van der Waals surface area contributed by atoms with Crippen LogP contribution >= 0.6 is 0 Å². The third kappa shape index (κ3) is 4.09. The zero-order valence-corrected chi connectivity index (χ0v) is 14.8. The van der Waals surface area contributed by atoms with Crippen molar-refractivity contribution in [1.82, 2.24) is 10.3 Å². The van der Waals surface area contributed by atoms with E-state index in [4.69, 9.17) is 5.11 Å². The predicted molar refractivity (Wildman–Crippen MR) is 103 cm³/mol. The van der Waals surface area contributed by atoms with Gasteiger partial charge in [-0.05, 0) is 11.1 Å². The van der Waals surface area contributed by atoms with Crippen molar-refractivity contribution in [2.75, 3.05) is 6.54 Å². The first-order chi connectivity index (χ1) is 13.5. The van der Waals surface area contributed by atoms with Gasteiger partial charge in [0.25, 0.3) is 11.5 Å². The van der Waals surface area contributed by atoms with Crippen LogP contribution < -0.4 is 10.9 Å². The molecule has 4 N–H and O–H groups in total. The molecule has 1 amide bonds. The number of pyridine rings is 1. The summed E-state index contributed by atoms with van der Waals surface area (Å²) in [6, 6.07) is 18.2. The van der Waals surface area contributed by atoms with Gasteiger partial charge in [-0.1, -0.05) is 60.7 Å². The Morgan fingerprint density at radius 1 is 0.964 bits per heavy atom. The lowest BCUT2D eigenvalue weighted by Crippen LogP contribution is -2.34. The number of hydrogen-bond acceptors (Lipinski definition) is 4. The molecule has 0 aliphatic rings. The Morgan fingerprint density at radius 2 is 1.57 bits per heavy atom. The summed E-state index contributed by atoms with van der Waals surface area (Å²) in [5.41, 5.74) is 1.01. The van der Waals surface area contributed by atoms with Crippen molar-refractivity contribution in [3.05, 3.63) is 87.8 Å². The fraction of sp³-hybridized carbons (Fsp3) is 0.0952. The minimum atomic E-state index is -1.26. The molecular formula is C21H18N2O5. The van der Waals surface area contributed by atoms with Gasteiger partial charge in [0.15, 0.2) is 0 Å². The van der Waals surface area contributed by atoms with E-state index in [0.717, 1.165) is 5.56 Å². The Bertz CT molecular complexity index is 1060. The quantitative estimate of drug-likeness (QED) is 0.524. The number of carboxylic acid groups (broad SMARTS) is 1. The lowest BCUT2D eigenvalue weighted by Gasteiger charge is -2.15. The minimum Gasteiger partial charge on any atom is -0.506 e. The lowest BCUT2D eigenvalue weighted by atomic mass is 9.96. The average Bonchev–Trinajstić information content (AvgIpc) is 2.68. The van der Waals surface area contributed by atoms with Crippen LogP contribution in [0, 0.1) is 0 Å². The van der Waals surface area contributed by atoms with Crippen molar-refractivity contribution in [3.8, 4) is 16.9 Å². The molecule has 0 spiro atoms. The molecule has 1 aromatic heterocycles. The summed E-state index contributed by atoms with van der Waals surface area (Å²) < 4.78 is 0. The van der Waals surface area contributed by atoms with E-state index in [0.29, 0.717) is 23.2 Å². The van der Waals surface area contributed by atoms with E-state index in [9.17, 15) is 19.5 Å². The molecule has 0 fully saturated rings. The molecule has 3 aromatic rings. The maximum absolute atomic E-state index is 12.5. The fourth-order valence-electron chi connectivity index (χ4n) is 2.94. The van der Waals surface area contributed by atoms with Gasteiger partial charge in [0, 0.05) is 17.7 Å². The number of aliphatic carboxylic acids is 1. The molecule has 3 rings (SSSR count). The fourth-order valence-corrected chi connectivity index (χ4v) is 2.94. The number of hydrogen-bond donors (Lipinski definition) is 4. The zero-order chi connectivity index (χ0) is 20.1. The van der Waals surface area contributed by atoms with Gasteiger partial charge < -0.3 is 20.5 Å². The topological polar surface area (TPSA) is 119 Å². The second kappa shape index (κ2) is 8.22.